The number of amides is 3. The number of imide groups is 1. The Labute approximate surface area is 168 Å². The Morgan fingerprint density at radius 1 is 1.18 bits per heavy atom. The second-order valence-corrected chi connectivity index (χ2v) is 9.56. The second-order valence-electron chi connectivity index (χ2n) is 8.61. The molecule has 5 rings (SSSR count). The average Bonchev–Trinajstić information content (AvgIpc) is 3.01. The van der Waals surface area contributed by atoms with Gasteiger partial charge in [-0.05, 0) is 86.3 Å². The van der Waals surface area contributed by atoms with Crippen molar-refractivity contribution >= 4 is 35.3 Å². The quantitative estimate of drug-likeness (QED) is 0.584. The van der Waals surface area contributed by atoms with Gasteiger partial charge in [0.05, 0.1) is 0 Å². The van der Waals surface area contributed by atoms with Crippen LogP contribution in [0.15, 0.2) is 17.5 Å². The summed E-state index contributed by atoms with van der Waals surface area (Å²) in [4.78, 5) is 37.0. The number of aryl methyl sites for hydroxylation is 1. The lowest BCUT2D eigenvalue weighted by atomic mass is 9.53. The fourth-order valence-corrected chi connectivity index (χ4v) is 6.40. The van der Waals surface area contributed by atoms with Gasteiger partial charge in [-0.3, -0.25) is 10.1 Å². The zero-order valence-corrected chi connectivity index (χ0v) is 16.8. The predicted octanol–water partition coefficient (Wildman–Crippen LogP) is 3.41. The van der Waals surface area contributed by atoms with Gasteiger partial charge in [0.1, 0.15) is 0 Å². The maximum atomic E-state index is 12.3. The summed E-state index contributed by atoms with van der Waals surface area (Å²) in [6.45, 7) is 1.48. The zero-order valence-electron chi connectivity index (χ0n) is 16.0. The minimum absolute atomic E-state index is 0.156. The molecule has 6 nitrogen and oxygen atoms in total. The summed E-state index contributed by atoms with van der Waals surface area (Å²) in [5, 5.41) is 7.31. The molecule has 150 valence electrons. The van der Waals surface area contributed by atoms with Crippen LogP contribution in [0.4, 0.5) is 4.79 Å². The van der Waals surface area contributed by atoms with Crippen molar-refractivity contribution in [2.45, 2.75) is 51.0 Å². The van der Waals surface area contributed by atoms with Gasteiger partial charge in [-0.15, -0.1) is 11.3 Å². The Morgan fingerprint density at radius 2 is 1.82 bits per heavy atom. The molecule has 4 aliphatic rings. The molecule has 4 aliphatic carbocycles. The Kier molecular flexibility index (Phi) is 5.27. The van der Waals surface area contributed by atoms with Crippen LogP contribution in [-0.2, 0) is 14.3 Å². The highest BCUT2D eigenvalue weighted by molar-refractivity contribution is 7.11. The predicted molar refractivity (Wildman–Crippen MR) is 107 cm³/mol. The normalized spacial score (nSPS) is 30.4. The van der Waals surface area contributed by atoms with E-state index in [4.69, 9.17) is 4.74 Å². The van der Waals surface area contributed by atoms with Crippen LogP contribution in [0, 0.1) is 24.7 Å². The van der Waals surface area contributed by atoms with Crippen LogP contribution in [0.5, 0.6) is 0 Å². The van der Waals surface area contributed by atoms with Gasteiger partial charge >= 0.3 is 12.0 Å². The van der Waals surface area contributed by atoms with Gasteiger partial charge < -0.3 is 10.1 Å². The van der Waals surface area contributed by atoms with Crippen molar-refractivity contribution in [1.29, 1.82) is 0 Å². The standard InChI is InChI=1S/C21H26N2O4S/c1-13-4-5-28-17(13)2-3-19(25)27-12-18(24)22-20(26)23-21-9-14-6-15(10-21)8-16(7-14)11-21/h2-5,14-16H,6-12H2,1H3,(H2,22,23,24,26)/b3-2+. The van der Waals surface area contributed by atoms with Crippen LogP contribution < -0.4 is 10.6 Å². The number of urea groups is 1. The molecule has 2 N–H and O–H groups in total. The molecule has 0 aliphatic heterocycles. The van der Waals surface area contributed by atoms with Crippen molar-refractivity contribution in [2.75, 3.05) is 6.61 Å². The third-order valence-electron chi connectivity index (χ3n) is 6.29. The fourth-order valence-electron chi connectivity index (χ4n) is 5.58. The van der Waals surface area contributed by atoms with Gasteiger partial charge in [-0.25, -0.2) is 9.59 Å². The van der Waals surface area contributed by atoms with E-state index in [1.807, 2.05) is 18.4 Å². The Hall–Kier alpha value is -2.15. The first-order chi connectivity index (χ1) is 13.4. The summed E-state index contributed by atoms with van der Waals surface area (Å²) in [6, 6.07) is 1.48. The largest absolute Gasteiger partial charge is 0.452 e. The van der Waals surface area contributed by atoms with Crippen LogP contribution >= 0.6 is 11.3 Å². The van der Waals surface area contributed by atoms with Gasteiger partial charge in [-0.1, -0.05) is 0 Å². The van der Waals surface area contributed by atoms with E-state index >= 15 is 0 Å². The average molecular weight is 403 g/mol. The van der Waals surface area contributed by atoms with Gasteiger partial charge in [-0.2, -0.15) is 0 Å². The summed E-state index contributed by atoms with van der Waals surface area (Å²) in [5.41, 5.74) is 0.921. The van der Waals surface area contributed by atoms with Crippen LogP contribution in [0.3, 0.4) is 0 Å². The number of carbonyl (C=O) groups excluding carboxylic acids is 3. The van der Waals surface area contributed by atoms with E-state index < -0.39 is 24.5 Å². The lowest BCUT2D eigenvalue weighted by molar-refractivity contribution is -0.143. The molecule has 0 atom stereocenters. The first kappa shape index (κ1) is 19.2. The van der Waals surface area contributed by atoms with Gasteiger partial charge in [0.25, 0.3) is 5.91 Å². The molecular weight excluding hydrogens is 376 g/mol. The molecule has 1 aromatic heterocycles. The topological polar surface area (TPSA) is 84.5 Å². The molecular formula is C21H26N2O4S. The second kappa shape index (κ2) is 7.70. The Morgan fingerprint density at radius 3 is 2.39 bits per heavy atom. The molecule has 0 aromatic carbocycles. The number of nitrogens with one attached hydrogen (secondary N) is 2. The molecule has 0 radical (unpaired) electrons. The molecule has 3 amide bonds. The molecule has 0 unspecified atom stereocenters. The van der Waals surface area contributed by atoms with Crippen molar-refractivity contribution in [1.82, 2.24) is 10.6 Å². The van der Waals surface area contributed by atoms with Crippen LogP contribution in [0.1, 0.15) is 49.0 Å². The number of carbonyl (C=O) groups is 3. The lowest BCUT2D eigenvalue weighted by Gasteiger charge is -2.56. The SMILES string of the molecule is Cc1ccsc1/C=C/C(=O)OCC(=O)NC(=O)NC12CC3CC(CC(C3)C1)C2. The lowest BCUT2D eigenvalue weighted by Crippen LogP contribution is -2.62. The first-order valence-corrected chi connectivity index (χ1v) is 10.8. The van der Waals surface area contributed by atoms with E-state index in [9.17, 15) is 14.4 Å². The molecule has 4 fully saturated rings. The van der Waals surface area contributed by atoms with Crippen molar-refractivity contribution in [3.05, 3.63) is 28.0 Å². The summed E-state index contributed by atoms with van der Waals surface area (Å²) < 4.78 is 4.92. The third-order valence-corrected chi connectivity index (χ3v) is 7.27. The van der Waals surface area contributed by atoms with E-state index in [-0.39, 0.29) is 5.54 Å². The monoisotopic (exact) mass is 402 g/mol. The molecule has 4 bridgehead atoms. The Bertz CT molecular complexity index is 778. The number of hydrogen-bond acceptors (Lipinski definition) is 5. The number of esters is 1. The summed E-state index contributed by atoms with van der Waals surface area (Å²) in [7, 11) is 0. The van der Waals surface area contributed by atoms with E-state index in [0.717, 1.165) is 29.7 Å². The molecule has 0 spiro atoms. The van der Waals surface area contributed by atoms with Crippen LogP contribution in [-0.4, -0.2) is 30.1 Å². The minimum atomic E-state index is -0.615. The number of rotatable bonds is 5. The highest BCUT2D eigenvalue weighted by atomic mass is 32.1. The van der Waals surface area contributed by atoms with E-state index in [2.05, 4.69) is 10.6 Å². The van der Waals surface area contributed by atoms with E-state index in [1.54, 1.807) is 6.08 Å². The van der Waals surface area contributed by atoms with Crippen molar-refractivity contribution in [2.24, 2.45) is 17.8 Å². The molecule has 1 heterocycles. The number of ether oxygens (including phenoxy) is 1. The maximum Gasteiger partial charge on any atom is 0.331 e. The van der Waals surface area contributed by atoms with Crippen LogP contribution in [0.2, 0.25) is 0 Å². The molecule has 28 heavy (non-hydrogen) atoms. The molecule has 7 heteroatoms. The van der Waals surface area contributed by atoms with Crippen LogP contribution in [0.25, 0.3) is 6.08 Å². The zero-order chi connectivity index (χ0) is 19.7. The highest BCUT2D eigenvalue weighted by Gasteiger charge is 2.51. The highest BCUT2D eigenvalue weighted by Crippen LogP contribution is 2.55. The van der Waals surface area contributed by atoms with Crippen molar-refractivity contribution in [3.63, 3.8) is 0 Å². The van der Waals surface area contributed by atoms with Gasteiger partial charge in [0, 0.05) is 16.5 Å². The maximum absolute atomic E-state index is 12.3. The van der Waals surface area contributed by atoms with E-state index in [1.165, 1.54) is 36.7 Å². The summed E-state index contributed by atoms with van der Waals surface area (Å²) in [5.74, 6) is 0.909. The smallest absolute Gasteiger partial charge is 0.331 e. The molecule has 0 saturated heterocycles. The van der Waals surface area contributed by atoms with Gasteiger partial charge in [0.15, 0.2) is 6.61 Å². The number of thiophene rings is 1. The van der Waals surface area contributed by atoms with Crippen molar-refractivity contribution < 1.29 is 19.1 Å². The van der Waals surface area contributed by atoms with E-state index in [0.29, 0.717) is 17.8 Å². The van der Waals surface area contributed by atoms with Crippen molar-refractivity contribution in [3.8, 4) is 0 Å². The molecule has 4 saturated carbocycles. The molecule has 1 aromatic rings. The minimum Gasteiger partial charge on any atom is -0.452 e. The number of hydrogen-bond donors (Lipinski definition) is 2. The first-order valence-electron chi connectivity index (χ1n) is 9.92. The van der Waals surface area contributed by atoms with Gasteiger partial charge in [0.2, 0.25) is 0 Å². The summed E-state index contributed by atoms with van der Waals surface area (Å²) >= 11 is 1.52. The third kappa shape index (κ3) is 4.29. The fraction of sp³-hybridized carbons (Fsp3) is 0.571. The summed E-state index contributed by atoms with van der Waals surface area (Å²) in [6.07, 6.45) is 9.87. The Balaban J connectivity index is 1.22.